The first-order valence-corrected chi connectivity index (χ1v) is 15.7. The number of ether oxygens (including phenoxy) is 3. The Labute approximate surface area is 273 Å². The quantitative estimate of drug-likeness (QED) is 0.189. The Morgan fingerprint density at radius 1 is 1.09 bits per heavy atom. The average Bonchev–Trinajstić information content (AvgIpc) is 3.37. The van der Waals surface area contributed by atoms with E-state index in [0.717, 1.165) is 16.3 Å². The zero-order valence-electron chi connectivity index (χ0n) is 25.2. The monoisotopic (exact) mass is 649 g/mol. The van der Waals surface area contributed by atoms with Gasteiger partial charge in [-0.3, -0.25) is 9.36 Å². The van der Waals surface area contributed by atoms with Crippen LogP contribution < -0.4 is 24.4 Å². The van der Waals surface area contributed by atoms with Gasteiger partial charge in [-0.25, -0.2) is 9.79 Å². The molecule has 10 heteroatoms. The Kier molecular flexibility index (Phi) is 8.75. The van der Waals surface area contributed by atoms with Gasteiger partial charge in [-0.15, -0.1) is 0 Å². The largest absolute Gasteiger partial charge is 0.496 e. The van der Waals surface area contributed by atoms with Gasteiger partial charge in [0.25, 0.3) is 5.56 Å². The lowest BCUT2D eigenvalue weighted by molar-refractivity contribution is -0.139. The van der Waals surface area contributed by atoms with Crippen molar-refractivity contribution < 1.29 is 19.0 Å². The number of allylic oxidation sites excluding steroid dienone is 1. The number of esters is 1. The molecule has 0 radical (unpaired) electrons. The zero-order valence-corrected chi connectivity index (χ0v) is 26.8. The molecule has 0 aliphatic carbocycles. The second kappa shape index (κ2) is 13.1. The summed E-state index contributed by atoms with van der Waals surface area (Å²) < 4.78 is 19.4. The Bertz CT molecular complexity index is 2250. The van der Waals surface area contributed by atoms with Crippen LogP contribution in [-0.4, -0.2) is 24.3 Å². The number of aromatic nitrogens is 1. The van der Waals surface area contributed by atoms with E-state index in [-0.39, 0.29) is 24.3 Å². The minimum Gasteiger partial charge on any atom is -0.496 e. The van der Waals surface area contributed by atoms with Crippen LogP contribution >= 0.6 is 22.9 Å². The summed E-state index contributed by atoms with van der Waals surface area (Å²) >= 11 is 7.60. The maximum absolute atomic E-state index is 14.4. The molecule has 0 amide bonds. The minimum absolute atomic E-state index is 0.166. The average molecular weight is 650 g/mol. The molecule has 230 valence electrons. The fourth-order valence-electron chi connectivity index (χ4n) is 5.54. The third-order valence-corrected chi connectivity index (χ3v) is 8.89. The van der Waals surface area contributed by atoms with Gasteiger partial charge in [0.05, 0.1) is 41.2 Å². The Balaban J connectivity index is 1.52. The highest BCUT2D eigenvalue weighted by Gasteiger charge is 2.36. The zero-order chi connectivity index (χ0) is 32.4. The molecule has 1 aliphatic rings. The molecule has 1 aromatic heterocycles. The van der Waals surface area contributed by atoms with Crippen molar-refractivity contribution in [2.45, 2.75) is 26.5 Å². The number of carbonyl (C=O) groups excluding carboxylic acids is 1. The van der Waals surface area contributed by atoms with E-state index in [0.29, 0.717) is 48.2 Å². The van der Waals surface area contributed by atoms with E-state index in [2.05, 4.69) is 6.07 Å². The Morgan fingerprint density at radius 3 is 2.59 bits per heavy atom. The van der Waals surface area contributed by atoms with E-state index in [9.17, 15) is 9.59 Å². The van der Waals surface area contributed by atoms with Crippen molar-refractivity contribution in [2.75, 3.05) is 13.7 Å². The van der Waals surface area contributed by atoms with E-state index in [4.69, 9.17) is 36.1 Å². The number of nitrogens with zero attached hydrogens (tertiary/aromatic N) is 3. The topological polar surface area (TPSA) is 103 Å². The van der Waals surface area contributed by atoms with Crippen LogP contribution in [0.15, 0.2) is 99.9 Å². The number of hydrogen-bond acceptors (Lipinski definition) is 8. The number of thiazole rings is 1. The van der Waals surface area contributed by atoms with E-state index in [1.807, 2.05) is 48.5 Å². The number of nitriles is 1. The molecule has 1 atom stereocenters. The summed E-state index contributed by atoms with van der Waals surface area (Å²) in [6.45, 7) is 3.90. The summed E-state index contributed by atoms with van der Waals surface area (Å²) in [6, 6.07) is 25.1. The fourth-order valence-corrected chi connectivity index (χ4v) is 6.76. The molecule has 0 bridgehead atoms. The number of rotatable bonds is 8. The van der Waals surface area contributed by atoms with Gasteiger partial charge >= 0.3 is 5.97 Å². The Hall–Kier alpha value is -5.17. The van der Waals surface area contributed by atoms with Gasteiger partial charge in [0.15, 0.2) is 4.80 Å². The molecule has 0 unspecified atom stereocenters. The summed E-state index contributed by atoms with van der Waals surface area (Å²) in [6.07, 6.45) is 1.73. The highest BCUT2D eigenvalue weighted by Crippen LogP contribution is 2.40. The lowest BCUT2D eigenvalue weighted by Crippen LogP contribution is -2.40. The highest BCUT2D eigenvalue weighted by molar-refractivity contribution is 7.07. The second-order valence-corrected chi connectivity index (χ2v) is 11.9. The van der Waals surface area contributed by atoms with Crippen molar-refractivity contribution in [3.63, 3.8) is 0 Å². The first-order valence-electron chi connectivity index (χ1n) is 14.5. The summed E-state index contributed by atoms with van der Waals surface area (Å²) in [5.74, 6) is 0.504. The van der Waals surface area contributed by atoms with Gasteiger partial charge in [-0.05, 0) is 72.7 Å². The third kappa shape index (κ3) is 5.81. The maximum Gasteiger partial charge on any atom is 0.338 e. The van der Waals surface area contributed by atoms with Crippen molar-refractivity contribution in [2.24, 2.45) is 4.99 Å². The molecule has 0 saturated heterocycles. The summed E-state index contributed by atoms with van der Waals surface area (Å²) in [5.41, 5.74) is 3.10. The molecule has 4 aromatic carbocycles. The number of methoxy groups -OCH3 is 1. The van der Waals surface area contributed by atoms with Gasteiger partial charge in [-0.2, -0.15) is 5.26 Å². The molecule has 0 saturated carbocycles. The molecular weight excluding hydrogens is 622 g/mol. The smallest absolute Gasteiger partial charge is 0.338 e. The van der Waals surface area contributed by atoms with Gasteiger partial charge < -0.3 is 14.2 Å². The molecule has 0 spiro atoms. The maximum atomic E-state index is 14.4. The van der Waals surface area contributed by atoms with Crippen LogP contribution in [0.2, 0.25) is 5.02 Å². The van der Waals surface area contributed by atoms with Gasteiger partial charge in [-0.1, -0.05) is 65.4 Å². The van der Waals surface area contributed by atoms with E-state index < -0.39 is 12.0 Å². The molecule has 5 aromatic rings. The first kappa shape index (κ1) is 30.8. The molecule has 0 fully saturated rings. The third-order valence-electron chi connectivity index (χ3n) is 7.68. The van der Waals surface area contributed by atoms with Crippen LogP contribution in [0.4, 0.5) is 0 Å². The SMILES string of the molecule is CCOC(=O)C1=C(C)N=c2s/c(=C\c3cc(Cl)ccc3OCc3ccc(C#N)cc3)c(=O)n2[C@@H]1c1c(OC)ccc2ccccc12. The van der Waals surface area contributed by atoms with Crippen molar-refractivity contribution in [1.29, 1.82) is 5.26 Å². The molecule has 1 aliphatic heterocycles. The van der Waals surface area contributed by atoms with Crippen LogP contribution in [-0.2, 0) is 16.1 Å². The number of halogens is 1. The number of benzene rings is 4. The molecular formula is C36H28ClN3O5S. The van der Waals surface area contributed by atoms with Crippen LogP contribution in [0, 0.1) is 11.3 Å². The van der Waals surface area contributed by atoms with Crippen LogP contribution in [0.3, 0.4) is 0 Å². The molecule has 0 N–H and O–H groups in total. The minimum atomic E-state index is -0.857. The lowest BCUT2D eigenvalue weighted by Gasteiger charge is -2.27. The van der Waals surface area contributed by atoms with Crippen LogP contribution in [0.25, 0.3) is 16.8 Å². The van der Waals surface area contributed by atoms with Gasteiger partial charge in [0.1, 0.15) is 24.1 Å². The van der Waals surface area contributed by atoms with Crippen molar-refractivity contribution >= 4 is 45.8 Å². The predicted octanol–water partition coefficient (Wildman–Crippen LogP) is 6.06. The predicted molar refractivity (Wildman–Crippen MR) is 178 cm³/mol. The number of fused-ring (bicyclic) bond motifs is 2. The van der Waals surface area contributed by atoms with E-state index in [1.54, 1.807) is 61.9 Å². The van der Waals surface area contributed by atoms with Gasteiger partial charge in [0, 0.05) is 16.1 Å². The summed E-state index contributed by atoms with van der Waals surface area (Å²) in [4.78, 5) is 33.0. The van der Waals surface area contributed by atoms with Crippen molar-refractivity contribution in [3.05, 3.63) is 137 Å². The van der Waals surface area contributed by atoms with Crippen LogP contribution in [0.1, 0.15) is 42.1 Å². The summed E-state index contributed by atoms with van der Waals surface area (Å²) in [5, 5.41) is 11.3. The fraction of sp³-hybridized carbons (Fsp3) is 0.167. The highest BCUT2D eigenvalue weighted by atomic mass is 35.5. The molecule has 8 nitrogen and oxygen atoms in total. The number of carbonyl (C=O) groups is 1. The van der Waals surface area contributed by atoms with E-state index in [1.165, 1.54) is 11.3 Å². The van der Waals surface area contributed by atoms with Crippen molar-refractivity contribution in [3.8, 4) is 17.6 Å². The second-order valence-electron chi connectivity index (χ2n) is 10.5. The number of hydrogen-bond donors (Lipinski definition) is 0. The van der Waals surface area contributed by atoms with Crippen molar-refractivity contribution in [1.82, 2.24) is 4.57 Å². The van der Waals surface area contributed by atoms with Gasteiger partial charge in [0.2, 0.25) is 0 Å². The molecule has 6 rings (SSSR count). The molecule has 2 heterocycles. The standard InChI is InChI=1S/C36H28ClN3O5S/c1-4-44-35(42)31-21(2)39-36-40(33(31)32-27-8-6-5-7-24(27)13-15-29(32)43-3)34(41)30(46-36)18-25-17-26(37)14-16-28(25)45-20-23-11-9-22(19-38)10-12-23/h5-18,33H,4,20H2,1-3H3/b30-18-/t33-/m0/s1. The molecule has 46 heavy (non-hydrogen) atoms. The first-order chi connectivity index (χ1) is 22.3. The van der Waals surface area contributed by atoms with Crippen LogP contribution in [0.5, 0.6) is 11.5 Å². The summed E-state index contributed by atoms with van der Waals surface area (Å²) in [7, 11) is 1.57. The lowest BCUT2D eigenvalue weighted by atomic mass is 9.90. The normalized spacial score (nSPS) is 14.4. The Morgan fingerprint density at radius 2 is 1.85 bits per heavy atom. The van der Waals surface area contributed by atoms with E-state index >= 15 is 0 Å².